The fraction of sp³-hybridized carbons (Fsp3) is 0.714. The summed E-state index contributed by atoms with van der Waals surface area (Å²) in [5.41, 5.74) is 0.803. The van der Waals surface area contributed by atoms with Crippen LogP contribution >= 0.6 is 0 Å². The standard InChI is InChI=1S/C28H44N2O4/c1-25(2)13-17(14-26(3,4)29(25)9)21-19(23(31)32)11-12-20(24(33)34)22(21)18-15-27(5,6)30(10)28(7,8)16-18/h11-12,17-18H,13-16H2,1-10H3,(H,31,32)(H,33,34)/p-2. The molecular weight excluding hydrogens is 428 g/mol. The molecule has 0 aromatic heterocycles. The summed E-state index contributed by atoms with van der Waals surface area (Å²) in [6.07, 6.45) is 2.93. The molecule has 1 aromatic rings. The van der Waals surface area contributed by atoms with Crippen molar-refractivity contribution >= 4 is 11.9 Å². The Bertz CT molecular complexity index is 877. The zero-order valence-corrected chi connectivity index (χ0v) is 22.7. The van der Waals surface area contributed by atoms with Gasteiger partial charge in [0.2, 0.25) is 0 Å². The number of piperidine rings is 2. The Morgan fingerprint density at radius 1 is 0.647 bits per heavy atom. The van der Waals surface area contributed by atoms with E-state index in [1.54, 1.807) is 0 Å². The zero-order chi connectivity index (χ0) is 26.0. The number of carboxylic acid groups (broad SMARTS) is 2. The summed E-state index contributed by atoms with van der Waals surface area (Å²) < 4.78 is 0. The first kappa shape index (κ1) is 26.7. The van der Waals surface area contributed by atoms with Crippen molar-refractivity contribution in [2.45, 2.75) is 115 Å². The molecule has 2 fully saturated rings. The molecule has 3 rings (SSSR count). The van der Waals surface area contributed by atoms with Crippen LogP contribution in [0.15, 0.2) is 12.1 Å². The smallest absolute Gasteiger partial charge is 0.0718 e. The molecule has 2 saturated heterocycles. The highest BCUT2D eigenvalue weighted by Gasteiger charge is 2.48. The molecule has 2 aliphatic rings. The first-order valence-corrected chi connectivity index (χ1v) is 12.4. The lowest BCUT2D eigenvalue weighted by atomic mass is 9.65. The third kappa shape index (κ3) is 4.51. The highest BCUT2D eigenvalue weighted by atomic mass is 16.4. The van der Waals surface area contributed by atoms with Gasteiger partial charge in [0.15, 0.2) is 0 Å². The largest absolute Gasteiger partial charge is 0.545 e. The molecule has 0 spiro atoms. The van der Waals surface area contributed by atoms with Crippen LogP contribution in [-0.4, -0.2) is 58.0 Å². The SMILES string of the molecule is CN1C(C)(C)CC(c2c(C(=O)[O-])ccc(C(=O)[O-])c2C2CC(C)(C)N(C)C(C)(C)C2)CC1(C)C. The van der Waals surface area contributed by atoms with Crippen LogP contribution in [-0.2, 0) is 0 Å². The van der Waals surface area contributed by atoms with Crippen LogP contribution in [0.1, 0.15) is 125 Å². The van der Waals surface area contributed by atoms with Gasteiger partial charge in [-0.05, 0) is 118 Å². The number of hydrogen-bond acceptors (Lipinski definition) is 6. The topological polar surface area (TPSA) is 86.7 Å². The van der Waals surface area contributed by atoms with Crippen LogP contribution in [0.4, 0.5) is 0 Å². The molecule has 0 aliphatic carbocycles. The first-order chi connectivity index (χ1) is 15.3. The Balaban J connectivity index is 2.31. The van der Waals surface area contributed by atoms with Gasteiger partial charge in [0, 0.05) is 33.3 Å². The average molecular weight is 471 g/mol. The lowest BCUT2D eigenvalue weighted by Gasteiger charge is -2.56. The van der Waals surface area contributed by atoms with E-state index in [1.165, 1.54) is 12.1 Å². The van der Waals surface area contributed by atoms with E-state index in [1.807, 2.05) is 0 Å². The minimum absolute atomic E-state index is 0.103. The molecular formula is C28H42N2O4-2. The molecule has 0 bridgehead atoms. The van der Waals surface area contributed by atoms with E-state index in [0.717, 1.165) is 25.7 Å². The van der Waals surface area contributed by atoms with Crippen LogP contribution in [0.3, 0.4) is 0 Å². The Morgan fingerprint density at radius 3 is 1.09 bits per heavy atom. The monoisotopic (exact) mass is 470 g/mol. The quantitative estimate of drug-likeness (QED) is 0.672. The fourth-order valence-corrected chi connectivity index (χ4v) is 7.02. The van der Waals surface area contributed by atoms with Crippen molar-refractivity contribution in [3.8, 4) is 0 Å². The fourth-order valence-electron chi connectivity index (χ4n) is 7.02. The van der Waals surface area contributed by atoms with E-state index in [-0.39, 0.29) is 45.1 Å². The summed E-state index contributed by atoms with van der Waals surface area (Å²) in [6.45, 7) is 17.4. The van der Waals surface area contributed by atoms with Crippen LogP contribution in [0.2, 0.25) is 0 Å². The van der Waals surface area contributed by atoms with E-state index in [0.29, 0.717) is 11.1 Å². The van der Waals surface area contributed by atoms with Crippen molar-refractivity contribution in [3.63, 3.8) is 0 Å². The number of carbonyl (C=O) groups is 2. The minimum atomic E-state index is -1.25. The summed E-state index contributed by atoms with van der Waals surface area (Å²) >= 11 is 0. The van der Waals surface area contributed by atoms with Gasteiger partial charge in [0.25, 0.3) is 0 Å². The summed E-state index contributed by atoms with van der Waals surface area (Å²) in [5, 5.41) is 24.8. The molecule has 190 valence electrons. The number of benzene rings is 1. The van der Waals surface area contributed by atoms with Crippen molar-refractivity contribution in [2.75, 3.05) is 14.1 Å². The van der Waals surface area contributed by atoms with Gasteiger partial charge in [0.05, 0.1) is 11.9 Å². The Hall–Kier alpha value is -1.92. The van der Waals surface area contributed by atoms with E-state index in [4.69, 9.17) is 0 Å². The number of rotatable bonds is 4. The molecule has 34 heavy (non-hydrogen) atoms. The van der Waals surface area contributed by atoms with E-state index in [9.17, 15) is 19.8 Å². The molecule has 1 aromatic carbocycles. The maximum Gasteiger partial charge on any atom is 0.0718 e. The molecule has 0 N–H and O–H groups in total. The second-order valence-electron chi connectivity index (χ2n) is 13.1. The molecule has 0 radical (unpaired) electrons. The van der Waals surface area contributed by atoms with Gasteiger partial charge in [-0.3, -0.25) is 9.80 Å². The van der Waals surface area contributed by atoms with E-state index in [2.05, 4.69) is 79.3 Å². The van der Waals surface area contributed by atoms with Crippen LogP contribution in [0.25, 0.3) is 0 Å². The maximum atomic E-state index is 12.4. The van der Waals surface area contributed by atoms with Crippen molar-refractivity contribution < 1.29 is 19.8 Å². The first-order valence-electron chi connectivity index (χ1n) is 12.4. The highest BCUT2D eigenvalue weighted by Crippen LogP contribution is 2.51. The van der Waals surface area contributed by atoms with Crippen LogP contribution < -0.4 is 10.2 Å². The van der Waals surface area contributed by atoms with Crippen LogP contribution in [0, 0.1) is 0 Å². The number of aromatic carboxylic acids is 2. The summed E-state index contributed by atoms with van der Waals surface area (Å²) in [5.74, 6) is -2.70. The third-order valence-corrected chi connectivity index (χ3v) is 9.16. The normalized spacial score (nSPS) is 25.2. The number of carbonyl (C=O) groups excluding carboxylic acids is 2. The molecule has 0 saturated carbocycles. The molecule has 6 heteroatoms. The summed E-state index contributed by atoms with van der Waals surface area (Å²) in [6, 6.07) is 2.84. The van der Waals surface area contributed by atoms with Gasteiger partial charge < -0.3 is 19.8 Å². The number of hydrogen-bond donors (Lipinski definition) is 0. The van der Waals surface area contributed by atoms with Crippen molar-refractivity contribution in [3.05, 3.63) is 34.4 Å². The van der Waals surface area contributed by atoms with Crippen LogP contribution in [0.5, 0.6) is 0 Å². The van der Waals surface area contributed by atoms with Gasteiger partial charge in [0.1, 0.15) is 0 Å². The molecule has 2 aliphatic heterocycles. The molecule has 0 amide bonds. The highest BCUT2D eigenvalue weighted by molar-refractivity contribution is 5.94. The lowest BCUT2D eigenvalue weighted by molar-refractivity contribution is -0.256. The average Bonchev–Trinajstić information content (AvgIpc) is 2.67. The number of nitrogens with zero attached hydrogens (tertiary/aromatic N) is 2. The molecule has 2 heterocycles. The second kappa shape index (κ2) is 8.34. The maximum absolute atomic E-state index is 12.4. The predicted molar refractivity (Wildman–Crippen MR) is 131 cm³/mol. The van der Waals surface area contributed by atoms with E-state index < -0.39 is 11.9 Å². The van der Waals surface area contributed by atoms with Gasteiger partial charge in [-0.15, -0.1) is 0 Å². The summed E-state index contributed by atoms with van der Waals surface area (Å²) in [4.78, 5) is 29.5. The molecule has 0 atom stereocenters. The van der Waals surface area contributed by atoms with E-state index >= 15 is 0 Å². The van der Waals surface area contributed by atoms with Crippen molar-refractivity contribution in [2.24, 2.45) is 0 Å². The van der Waals surface area contributed by atoms with Gasteiger partial charge >= 0.3 is 0 Å². The Kier molecular flexibility index (Phi) is 6.54. The zero-order valence-electron chi connectivity index (χ0n) is 22.7. The molecule has 6 nitrogen and oxygen atoms in total. The van der Waals surface area contributed by atoms with Gasteiger partial charge in [-0.2, -0.15) is 0 Å². The number of likely N-dealkylation sites (tertiary alicyclic amines) is 2. The second-order valence-corrected chi connectivity index (χ2v) is 13.1. The van der Waals surface area contributed by atoms with Gasteiger partial charge in [-0.1, -0.05) is 12.1 Å². The van der Waals surface area contributed by atoms with Crippen molar-refractivity contribution in [1.82, 2.24) is 9.80 Å². The minimum Gasteiger partial charge on any atom is -0.545 e. The summed E-state index contributed by atoms with van der Waals surface area (Å²) in [7, 11) is 4.22. The third-order valence-electron chi connectivity index (χ3n) is 9.16. The molecule has 0 unspecified atom stereocenters. The Morgan fingerprint density at radius 2 is 0.882 bits per heavy atom. The predicted octanol–water partition coefficient (Wildman–Crippen LogP) is 3.15. The lowest BCUT2D eigenvalue weighted by Crippen LogP contribution is -2.59. The Labute approximate surface area is 205 Å². The van der Waals surface area contributed by atoms with Gasteiger partial charge in [-0.25, -0.2) is 0 Å². The van der Waals surface area contributed by atoms with Crippen molar-refractivity contribution in [1.29, 1.82) is 0 Å². The number of carboxylic acids is 2.